The molecule has 0 radical (unpaired) electrons. The SMILES string of the molecule is CCC(N)CCNCC(Cc1ccc([N+](=O)[O-])cc1)NC(=O)OC(C)(C)C. The largest absolute Gasteiger partial charge is 0.444 e. The Balaban J connectivity index is 2.68. The van der Waals surface area contributed by atoms with Crippen molar-refractivity contribution in [2.45, 2.75) is 64.6 Å². The van der Waals surface area contributed by atoms with E-state index >= 15 is 0 Å². The molecular weight excluding hydrogens is 348 g/mol. The fraction of sp³-hybridized carbons (Fsp3) is 0.632. The Kier molecular flexibility index (Phi) is 9.17. The highest BCUT2D eigenvalue weighted by Crippen LogP contribution is 2.14. The number of hydrogen-bond donors (Lipinski definition) is 3. The van der Waals surface area contributed by atoms with Crippen molar-refractivity contribution >= 4 is 11.8 Å². The van der Waals surface area contributed by atoms with E-state index in [1.807, 2.05) is 27.7 Å². The number of non-ortho nitro benzene ring substituents is 1. The van der Waals surface area contributed by atoms with Gasteiger partial charge in [0.05, 0.1) is 4.92 Å². The van der Waals surface area contributed by atoms with E-state index in [0.717, 1.165) is 24.9 Å². The van der Waals surface area contributed by atoms with E-state index in [9.17, 15) is 14.9 Å². The molecule has 0 aliphatic carbocycles. The number of rotatable bonds is 10. The number of carbonyl (C=O) groups is 1. The second-order valence-electron chi connectivity index (χ2n) is 7.63. The van der Waals surface area contributed by atoms with Crippen molar-refractivity contribution in [3.05, 3.63) is 39.9 Å². The lowest BCUT2D eigenvalue weighted by Crippen LogP contribution is -2.46. The Morgan fingerprint density at radius 1 is 1.30 bits per heavy atom. The first-order valence-corrected chi connectivity index (χ1v) is 9.30. The quantitative estimate of drug-likeness (QED) is 0.326. The normalized spacial score (nSPS) is 13.7. The molecule has 8 nitrogen and oxygen atoms in total. The lowest BCUT2D eigenvalue weighted by Gasteiger charge is -2.24. The molecule has 0 aromatic heterocycles. The van der Waals surface area contributed by atoms with Crippen molar-refractivity contribution < 1.29 is 14.5 Å². The molecule has 0 bridgehead atoms. The summed E-state index contributed by atoms with van der Waals surface area (Å²) in [6.45, 7) is 8.77. The molecular formula is C19H32N4O4. The zero-order valence-corrected chi connectivity index (χ0v) is 16.7. The topological polar surface area (TPSA) is 120 Å². The maximum absolute atomic E-state index is 12.1. The van der Waals surface area contributed by atoms with Gasteiger partial charge in [-0.15, -0.1) is 0 Å². The van der Waals surface area contributed by atoms with Gasteiger partial charge in [0.2, 0.25) is 0 Å². The maximum atomic E-state index is 12.1. The van der Waals surface area contributed by atoms with Crippen molar-refractivity contribution in [2.75, 3.05) is 13.1 Å². The number of carbonyl (C=O) groups excluding carboxylic acids is 1. The van der Waals surface area contributed by atoms with Crippen molar-refractivity contribution in [3.8, 4) is 0 Å². The van der Waals surface area contributed by atoms with E-state index in [4.69, 9.17) is 10.5 Å². The van der Waals surface area contributed by atoms with E-state index < -0.39 is 16.6 Å². The van der Waals surface area contributed by atoms with Crippen LogP contribution in [0.5, 0.6) is 0 Å². The van der Waals surface area contributed by atoms with E-state index in [1.165, 1.54) is 12.1 Å². The van der Waals surface area contributed by atoms with Crippen LogP contribution in [0.4, 0.5) is 10.5 Å². The third-order valence-corrected chi connectivity index (χ3v) is 3.96. The zero-order chi connectivity index (χ0) is 20.4. The number of alkyl carbamates (subject to hydrolysis) is 1. The van der Waals surface area contributed by atoms with Crippen LogP contribution in [0, 0.1) is 10.1 Å². The van der Waals surface area contributed by atoms with Gasteiger partial charge in [-0.05, 0) is 52.1 Å². The standard InChI is InChI=1S/C19H32N4O4/c1-5-15(20)10-11-21-13-16(22-18(24)27-19(2,3)4)12-14-6-8-17(9-7-14)23(25)26/h6-9,15-16,21H,5,10-13,20H2,1-4H3,(H,22,24). The predicted octanol–water partition coefficient (Wildman–Crippen LogP) is 2.75. The first-order chi connectivity index (χ1) is 12.6. The summed E-state index contributed by atoms with van der Waals surface area (Å²) in [4.78, 5) is 22.5. The molecule has 0 heterocycles. The van der Waals surface area contributed by atoms with Crippen LogP contribution >= 0.6 is 0 Å². The number of nitro groups is 1. The summed E-state index contributed by atoms with van der Waals surface area (Å²) < 4.78 is 5.33. The van der Waals surface area contributed by atoms with Gasteiger partial charge < -0.3 is 21.1 Å². The lowest BCUT2D eigenvalue weighted by atomic mass is 10.1. The molecule has 1 aromatic rings. The summed E-state index contributed by atoms with van der Waals surface area (Å²) in [7, 11) is 0. The minimum Gasteiger partial charge on any atom is -0.444 e. The van der Waals surface area contributed by atoms with Gasteiger partial charge in [0.25, 0.3) is 5.69 Å². The molecule has 152 valence electrons. The number of hydrogen-bond acceptors (Lipinski definition) is 6. The second-order valence-corrected chi connectivity index (χ2v) is 7.63. The molecule has 2 atom stereocenters. The summed E-state index contributed by atoms with van der Waals surface area (Å²) in [5.74, 6) is 0. The van der Waals surface area contributed by atoms with Gasteiger partial charge >= 0.3 is 6.09 Å². The number of amides is 1. The first-order valence-electron chi connectivity index (χ1n) is 9.30. The Hall–Kier alpha value is -2.19. The molecule has 0 saturated carbocycles. The first kappa shape index (κ1) is 22.9. The Morgan fingerprint density at radius 3 is 2.44 bits per heavy atom. The van der Waals surface area contributed by atoms with Crippen LogP contribution in [-0.4, -0.2) is 41.8 Å². The summed E-state index contributed by atoms with van der Waals surface area (Å²) in [5.41, 5.74) is 6.28. The molecule has 0 aliphatic heterocycles. The van der Waals surface area contributed by atoms with Crippen molar-refractivity contribution in [1.29, 1.82) is 0 Å². The van der Waals surface area contributed by atoms with Gasteiger partial charge in [-0.3, -0.25) is 10.1 Å². The molecule has 2 unspecified atom stereocenters. The third kappa shape index (κ3) is 9.91. The molecule has 1 rings (SSSR count). The van der Waals surface area contributed by atoms with E-state index in [-0.39, 0.29) is 17.8 Å². The molecule has 8 heteroatoms. The average Bonchev–Trinajstić information content (AvgIpc) is 2.57. The van der Waals surface area contributed by atoms with Crippen LogP contribution < -0.4 is 16.4 Å². The van der Waals surface area contributed by atoms with Crippen LogP contribution in [0.15, 0.2) is 24.3 Å². The van der Waals surface area contributed by atoms with Crippen LogP contribution in [0.25, 0.3) is 0 Å². The zero-order valence-electron chi connectivity index (χ0n) is 16.7. The fourth-order valence-corrected chi connectivity index (χ4v) is 2.45. The molecule has 1 amide bonds. The number of ether oxygens (including phenoxy) is 1. The highest BCUT2D eigenvalue weighted by molar-refractivity contribution is 5.68. The molecule has 1 aromatic carbocycles. The number of nitro benzene ring substituents is 1. The summed E-state index contributed by atoms with van der Waals surface area (Å²) in [5, 5.41) is 17.0. The molecule has 0 fully saturated rings. The Bertz CT molecular complexity index is 599. The van der Waals surface area contributed by atoms with E-state index in [0.29, 0.717) is 13.0 Å². The van der Waals surface area contributed by atoms with Gasteiger partial charge in [-0.1, -0.05) is 19.1 Å². The molecule has 27 heavy (non-hydrogen) atoms. The maximum Gasteiger partial charge on any atom is 0.407 e. The van der Waals surface area contributed by atoms with Gasteiger partial charge in [0, 0.05) is 30.8 Å². The molecule has 0 aliphatic rings. The molecule has 4 N–H and O–H groups in total. The fourth-order valence-electron chi connectivity index (χ4n) is 2.45. The van der Waals surface area contributed by atoms with Gasteiger partial charge in [0.15, 0.2) is 0 Å². The molecule has 0 spiro atoms. The summed E-state index contributed by atoms with van der Waals surface area (Å²) in [6, 6.07) is 6.29. The smallest absolute Gasteiger partial charge is 0.407 e. The minimum atomic E-state index is -0.580. The Labute approximate surface area is 161 Å². The van der Waals surface area contributed by atoms with Crippen molar-refractivity contribution in [2.24, 2.45) is 5.73 Å². The van der Waals surface area contributed by atoms with Crippen LogP contribution in [0.1, 0.15) is 46.1 Å². The van der Waals surface area contributed by atoms with Gasteiger partial charge in [-0.2, -0.15) is 0 Å². The summed E-state index contributed by atoms with van der Waals surface area (Å²) >= 11 is 0. The Morgan fingerprint density at radius 2 is 1.93 bits per heavy atom. The number of nitrogens with zero attached hydrogens (tertiary/aromatic N) is 1. The van der Waals surface area contributed by atoms with Crippen LogP contribution in [0.2, 0.25) is 0 Å². The minimum absolute atomic E-state index is 0.0436. The monoisotopic (exact) mass is 380 g/mol. The number of nitrogens with one attached hydrogen (secondary N) is 2. The molecule has 0 saturated heterocycles. The van der Waals surface area contributed by atoms with Gasteiger partial charge in [0.1, 0.15) is 5.60 Å². The van der Waals surface area contributed by atoms with Crippen molar-refractivity contribution in [3.63, 3.8) is 0 Å². The van der Waals surface area contributed by atoms with Crippen LogP contribution in [-0.2, 0) is 11.2 Å². The highest BCUT2D eigenvalue weighted by atomic mass is 16.6. The van der Waals surface area contributed by atoms with Crippen LogP contribution in [0.3, 0.4) is 0 Å². The highest BCUT2D eigenvalue weighted by Gasteiger charge is 2.20. The van der Waals surface area contributed by atoms with E-state index in [2.05, 4.69) is 10.6 Å². The second kappa shape index (κ2) is 10.8. The summed E-state index contributed by atoms with van der Waals surface area (Å²) in [6.07, 6.45) is 1.82. The van der Waals surface area contributed by atoms with Gasteiger partial charge in [-0.25, -0.2) is 4.79 Å². The predicted molar refractivity (Wildman–Crippen MR) is 106 cm³/mol. The number of benzene rings is 1. The van der Waals surface area contributed by atoms with Crippen molar-refractivity contribution in [1.82, 2.24) is 10.6 Å². The number of nitrogens with two attached hydrogens (primary N) is 1. The third-order valence-electron chi connectivity index (χ3n) is 3.96. The average molecular weight is 380 g/mol. The lowest BCUT2D eigenvalue weighted by molar-refractivity contribution is -0.384. The van der Waals surface area contributed by atoms with E-state index in [1.54, 1.807) is 12.1 Å².